The zero-order valence-corrected chi connectivity index (χ0v) is 33.2. The molecule has 306 valence electrons. The third-order valence-electron chi connectivity index (χ3n) is 11.8. The smallest absolute Gasteiger partial charge is 0.411 e. The van der Waals surface area contributed by atoms with Crippen molar-refractivity contribution in [3.63, 3.8) is 0 Å². The third kappa shape index (κ3) is 7.88. The van der Waals surface area contributed by atoms with Crippen LogP contribution >= 0.6 is 0 Å². The minimum Gasteiger partial charge on any atom is -0.456 e. The van der Waals surface area contributed by atoms with Gasteiger partial charge in [0.2, 0.25) is 0 Å². The molecule has 2 aliphatic heterocycles. The fraction of sp³-hybridized carbons (Fsp3) is 0.581. The topological polar surface area (TPSA) is 146 Å². The summed E-state index contributed by atoms with van der Waals surface area (Å²) in [5.74, 6) is -6.26. The van der Waals surface area contributed by atoms with Crippen LogP contribution in [0.15, 0.2) is 36.4 Å². The van der Waals surface area contributed by atoms with Crippen LogP contribution in [-0.2, 0) is 34.5 Å². The van der Waals surface area contributed by atoms with Gasteiger partial charge in [0.1, 0.15) is 23.3 Å². The van der Waals surface area contributed by atoms with Crippen molar-refractivity contribution in [1.29, 1.82) is 0 Å². The molecule has 2 heterocycles. The molecule has 12 nitrogen and oxygen atoms in total. The van der Waals surface area contributed by atoms with Crippen LogP contribution in [0.25, 0.3) is 11.1 Å². The van der Waals surface area contributed by atoms with Gasteiger partial charge in [-0.25, -0.2) is 19.2 Å². The van der Waals surface area contributed by atoms with Crippen molar-refractivity contribution < 1.29 is 56.5 Å². The second-order valence-electron chi connectivity index (χ2n) is 18.0. The molecule has 3 aliphatic carbocycles. The molecule has 2 amide bonds. The molecule has 0 aromatic heterocycles. The van der Waals surface area contributed by atoms with E-state index in [1.165, 1.54) is 34.1 Å². The molecule has 5 aliphatic rings. The first-order valence-corrected chi connectivity index (χ1v) is 19.8. The zero-order chi connectivity index (χ0) is 41.2. The number of nitrogens with zero attached hydrogens (tertiary/aromatic N) is 2. The number of hydrogen-bond acceptors (Lipinski definition) is 10. The Balaban J connectivity index is 0.990. The average molecular weight is 793 g/mol. The van der Waals surface area contributed by atoms with Crippen molar-refractivity contribution in [2.45, 2.75) is 134 Å². The highest BCUT2D eigenvalue weighted by atomic mass is 19.3. The van der Waals surface area contributed by atoms with Gasteiger partial charge in [-0.05, 0) is 115 Å². The van der Waals surface area contributed by atoms with Crippen LogP contribution in [-0.4, -0.2) is 94.1 Å². The summed E-state index contributed by atoms with van der Waals surface area (Å²) in [5.41, 5.74) is -2.28. The molecule has 2 unspecified atom stereocenters. The molecule has 4 fully saturated rings. The minimum atomic E-state index is -3.59. The van der Waals surface area contributed by atoms with E-state index in [1.54, 1.807) is 41.5 Å². The van der Waals surface area contributed by atoms with Crippen molar-refractivity contribution in [3.8, 4) is 11.1 Å². The number of ketones is 2. The largest absolute Gasteiger partial charge is 0.456 e. The van der Waals surface area contributed by atoms with E-state index in [0.29, 0.717) is 12.8 Å². The Labute approximate surface area is 330 Å². The quantitative estimate of drug-likeness (QED) is 0.149. The number of ether oxygens (including phenoxy) is 4. The summed E-state index contributed by atoms with van der Waals surface area (Å²) in [4.78, 5) is 82.1. The van der Waals surface area contributed by atoms with Crippen LogP contribution in [0, 0.1) is 11.8 Å². The van der Waals surface area contributed by atoms with Gasteiger partial charge in [0.25, 0.3) is 5.92 Å². The van der Waals surface area contributed by atoms with Gasteiger partial charge in [0.05, 0.1) is 0 Å². The van der Waals surface area contributed by atoms with Crippen molar-refractivity contribution >= 4 is 35.7 Å². The number of carbonyl (C=O) groups is 6. The Bertz CT molecular complexity index is 1860. The number of esters is 2. The van der Waals surface area contributed by atoms with Crippen LogP contribution in [0.2, 0.25) is 0 Å². The average Bonchev–Trinajstić information content (AvgIpc) is 3.94. The van der Waals surface area contributed by atoms with Crippen LogP contribution < -0.4 is 0 Å². The van der Waals surface area contributed by atoms with Gasteiger partial charge in [-0.3, -0.25) is 19.4 Å². The van der Waals surface area contributed by atoms with Gasteiger partial charge in [-0.1, -0.05) is 37.1 Å². The standard InChI is InChI=1S/C43H50F2N2O10/c1-41(2,3)56-39(52)46-31-11-7-9-23(31)19-33(46)37(50)54-21-35(48)25-13-15-27-28-16-14-26(18-30(28)43(44,45)29(27)17-25)36(49)22-55-38(51)34-20-24-10-8-12-32(24)47(34)40(53)57-42(4,5)6/h13-18,23-24,31-34H,7-12,19-22H2,1-6H3/t23-,24?,31-,32?,33-,34-/m0/s1. The Morgan fingerprint density at radius 3 is 1.39 bits per heavy atom. The maximum atomic E-state index is 16.1. The monoisotopic (exact) mass is 792 g/mol. The summed E-state index contributed by atoms with van der Waals surface area (Å²) < 4.78 is 54.1. The molecule has 57 heavy (non-hydrogen) atoms. The first kappa shape index (κ1) is 40.3. The number of likely N-dealkylation sites (tertiary alicyclic amines) is 2. The van der Waals surface area contributed by atoms with Crippen molar-refractivity contribution in [2.24, 2.45) is 11.8 Å². The van der Waals surface area contributed by atoms with Crippen molar-refractivity contribution in [1.82, 2.24) is 9.80 Å². The fourth-order valence-electron chi connectivity index (χ4n) is 9.36. The van der Waals surface area contributed by atoms with Crippen LogP contribution in [0.1, 0.15) is 125 Å². The number of benzene rings is 2. The van der Waals surface area contributed by atoms with Crippen molar-refractivity contribution in [2.75, 3.05) is 13.2 Å². The molecule has 2 aromatic carbocycles. The van der Waals surface area contributed by atoms with Gasteiger partial charge < -0.3 is 18.9 Å². The first-order chi connectivity index (χ1) is 26.7. The molecule has 2 saturated carbocycles. The summed E-state index contributed by atoms with van der Waals surface area (Å²) >= 11 is 0. The van der Waals surface area contributed by atoms with Crippen molar-refractivity contribution in [3.05, 3.63) is 58.7 Å². The maximum absolute atomic E-state index is 16.1. The maximum Gasteiger partial charge on any atom is 0.411 e. The lowest BCUT2D eigenvalue weighted by Crippen LogP contribution is -2.47. The normalized spacial score (nSPS) is 25.6. The Morgan fingerprint density at radius 1 is 0.632 bits per heavy atom. The Hall–Kier alpha value is -4.88. The number of rotatable bonds is 8. The van der Waals surface area contributed by atoms with Gasteiger partial charge in [0, 0.05) is 34.3 Å². The lowest BCUT2D eigenvalue weighted by atomic mass is 10.0. The van der Waals surface area contributed by atoms with E-state index in [-0.39, 0.29) is 46.2 Å². The highest BCUT2D eigenvalue weighted by molar-refractivity contribution is 6.01. The van der Waals surface area contributed by atoms with E-state index in [0.717, 1.165) is 50.7 Å². The third-order valence-corrected chi connectivity index (χ3v) is 11.8. The van der Waals surface area contributed by atoms with E-state index in [4.69, 9.17) is 18.9 Å². The lowest BCUT2D eigenvalue weighted by Gasteiger charge is -2.31. The lowest BCUT2D eigenvalue weighted by molar-refractivity contribution is -0.148. The summed E-state index contributed by atoms with van der Waals surface area (Å²) in [7, 11) is 0. The van der Waals surface area contributed by atoms with Crippen LogP contribution in [0.3, 0.4) is 0 Å². The number of alkyl halides is 2. The van der Waals surface area contributed by atoms with E-state index in [1.807, 2.05) is 0 Å². The second-order valence-corrected chi connectivity index (χ2v) is 18.0. The molecule has 6 atom stereocenters. The molecule has 0 bridgehead atoms. The Morgan fingerprint density at radius 2 is 1.02 bits per heavy atom. The molecule has 14 heteroatoms. The van der Waals surface area contributed by atoms with Crippen LogP contribution in [0.5, 0.6) is 0 Å². The van der Waals surface area contributed by atoms with Gasteiger partial charge in [0.15, 0.2) is 24.8 Å². The first-order valence-electron chi connectivity index (χ1n) is 19.8. The SMILES string of the molecule is CC(C)(C)OC(=O)N1C2CCCC2C[C@H]1C(=O)OCC(=O)c1ccc2c(c1)C(F)(F)c1cc(C(=O)COC(=O)[C@@H]3C[C@@H]4CCC[C@@H]4N3C(=O)OC(C)(C)C)ccc1-2. The number of hydrogen-bond donors (Lipinski definition) is 0. The number of halogens is 2. The summed E-state index contributed by atoms with van der Waals surface area (Å²) in [6.45, 7) is 9.00. The molecule has 2 aromatic rings. The van der Waals surface area contributed by atoms with E-state index in [2.05, 4.69) is 0 Å². The summed E-state index contributed by atoms with van der Waals surface area (Å²) in [6, 6.07) is 5.51. The summed E-state index contributed by atoms with van der Waals surface area (Å²) in [6.07, 6.45) is 4.58. The number of fused-ring (bicyclic) bond motifs is 5. The molecular weight excluding hydrogens is 742 g/mol. The molecule has 2 saturated heterocycles. The minimum absolute atomic E-state index is 0.0963. The highest BCUT2D eigenvalue weighted by Crippen LogP contribution is 2.51. The predicted molar refractivity (Wildman–Crippen MR) is 201 cm³/mol. The van der Waals surface area contributed by atoms with Gasteiger partial charge in [-0.15, -0.1) is 0 Å². The zero-order valence-electron chi connectivity index (χ0n) is 33.2. The molecule has 0 spiro atoms. The molecular formula is C43H50F2N2O10. The van der Waals surface area contributed by atoms with E-state index < -0.39 is 89.2 Å². The highest BCUT2D eigenvalue weighted by Gasteiger charge is 2.52. The Kier molecular flexibility index (Phi) is 10.5. The molecule has 0 radical (unpaired) electrons. The number of carbonyl (C=O) groups excluding carboxylic acids is 6. The van der Waals surface area contributed by atoms with Gasteiger partial charge >= 0.3 is 24.1 Å². The summed E-state index contributed by atoms with van der Waals surface area (Å²) in [5, 5.41) is 0. The van der Waals surface area contributed by atoms with E-state index in [9.17, 15) is 28.8 Å². The number of amides is 2. The van der Waals surface area contributed by atoms with E-state index >= 15 is 8.78 Å². The fourth-order valence-corrected chi connectivity index (χ4v) is 9.36. The molecule has 7 rings (SSSR count). The van der Waals surface area contributed by atoms with Gasteiger partial charge in [-0.2, -0.15) is 8.78 Å². The molecule has 0 N–H and O–H groups in total. The predicted octanol–water partition coefficient (Wildman–Crippen LogP) is 7.62. The second kappa shape index (κ2) is 14.8. The number of Topliss-reactive ketones (excluding diaryl/α,β-unsaturated/α-hetero) is 2. The van der Waals surface area contributed by atoms with Crippen LogP contribution in [0.4, 0.5) is 18.4 Å².